The first-order chi connectivity index (χ1) is 15.4. The summed E-state index contributed by atoms with van der Waals surface area (Å²) >= 11 is 3.23. The van der Waals surface area contributed by atoms with Crippen LogP contribution < -0.4 is 15.4 Å². The predicted octanol–water partition coefficient (Wildman–Crippen LogP) is 5.47. The first-order valence-electron chi connectivity index (χ1n) is 10.3. The molecule has 0 saturated carbocycles. The Balaban J connectivity index is 1.53. The number of ether oxygens (including phenoxy) is 1. The number of benzene rings is 2. The quantitative estimate of drug-likeness (QED) is 0.450. The summed E-state index contributed by atoms with van der Waals surface area (Å²) in [6.45, 7) is 7.50. The largest absolute Gasteiger partial charge is 0.495 e. The summed E-state index contributed by atoms with van der Waals surface area (Å²) in [6, 6.07) is 12.1. The molecule has 0 radical (unpaired) electrons. The second-order valence-electron chi connectivity index (χ2n) is 7.65. The van der Waals surface area contributed by atoms with Gasteiger partial charge in [0, 0.05) is 23.7 Å². The highest BCUT2D eigenvalue weighted by atomic mass is 32.2. The number of carbonyl (C=O) groups is 1. The second-order valence-corrected chi connectivity index (χ2v) is 9.99. The third-order valence-corrected chi connectivity index (χ3v) is 7.56. The Bertz CT molecular complexity index is 1160. The Labute approximate surface area is 196 Å². The van der Waals surface area contributed by atoms with Crippen molar-refractivity contribution in [2.24, 2.45) is 0 Å². The van der Waals surface area contributed by atoms with Gasteiger partial charge in [-0.3, -0.25) is 4.79 Å². The molecule has 1 aliphatic rings. The van der Waals surface area contributed by atoms with Crippen molar-refractivity contribution in [3.63, 3.8) is 0 Å². The molecular formula is C24H26N4O2S2. The molecule has 6 nitrogen and oxygen atoms in total. The lowest BCUT2D eigenvalue weighted by atomic mass is 9.99. The van der Waals surface area contributed by atoms with Gasteiger partial charge in [0.05, 0.1) is 22.7 Å². The Morgan fingerprint density at radius 3 is 2.94 bits per heavy atom. The zero-order chi connectivity index (χ0) is 22.7. The zero-order valence-electron chi connectivity index (χ0n) is 18.4. The molecule has 1 aliphatic heterocycles. The highest BCUT2D eigenvalue weighted by Gasteiger charge is 2.18. The molecule has 3 aromatic rings. The van der Waals surface area contributed by atoms with E-state index >= 15 is 0 Å². The van der Waals surface area contributed by atoms with E-state index in [4.69, 9.17) is 9.72 Å². The van der Waals surface area contributed by atoms with Gasteiger partial charge in [-0.2, -0.15) is 0 Å². The van der Waals surface area contributed by atoms with Gasteiger partial charge in [0.15, 0.2) is 5.13 Å². The summed E-state index contributed by atoms with van der Waals surface area (Å²) in [5.74, 6) is 0.602. The molecular weight excluding hydrogens is 440 g/mol. The van der Waals surface area contributed by atoms with Gasteiger partial charge in [-0.25, -0.2) is 4.98 Å². The van der Waals surface area contributed by atoms with Crippen molar-refractivity contribution in [2.75, 3.05) is 31.3 Å². The van der Waals surface area contributed by atoms with E-state index in [1.165, 1.54) is 17.2 Å². The first kappa shape index (κ1) is 22.4. The van der Waals surface area contributed by atoms with Gasteiger partial charge in [0.1, 0.15) is 5.75 Å². The average Bonchev–Trinajstić information content (AvgIpc) is 3.12. The lowest BCUT2D eigenvalue weighted by Crippen LogP contribution is -2.26. The zero-order valence-corrected chi connectivity index (χ0v) is 20.0. The number of aryl methyl sites for hydroxylation is 1. The molecule has 0 atom stereocenters. The van der Waals surface area contributed by atoms with Gasteiger partial charge in [-0.15, -0.1) is 0 Å². The number of thiazole rings is 1. The monoisotopic (exact) mass is 466 g/mol. The number of carbonyl (C=O) groups excluding carboxylic acids is 1. The van der Waals surface area contributed by atoms with Gasteiger partial charge in [-0.05, 0) is 67.9 Å². The summed E-state index contributed by atoms with van der Waals surface area (Å²) in [5, 5.41) is 7.09. The molecule has 8 heteroatoms. The highest BCUT2D eigenvalue weighted by molar-refractivity contribution is 8.01. The number of fused-ring (bicyclic) bond motifs is 1. The van der Waals surface area contributed by atoms with Crippen LogP contribution in [0.5, 0.6) is 5.75 Å². The van der Waals surface area contributed by atoms with E-state index in [1.807, 2.05) is 31.2 Å². The van der Waals surface area contributed by atoms with E-state index in [1.54, 1.807) is 30.2 Å². The van der Waals surface area contributed by atoms with Crippen LogP contribution in [0.15, 0.2) is 58.2 Å². The number of aromatic nitrogens is 1. The molecule has 1 amide bonds. The van der Waals surface area contributed by atoms with Gasteiger partial charge in [0.2, 0.25) is 5.91 Å². The smallest absolute Gasteiger partial charge is 0.247 e. The van der Waals surface area contributed by atoms with Crippen LogP contribution in [0.2, 0.25) is 0 Å². The summed E-state index contributed by atoms with van der Waals surface area (Å²) in [6.07, 6.45) is 2.29. The van der Waals surface area contributed by atoms with E-state index in [9.17, 15) is 4.79 Å². The van der Waals surface area contributed by atoms with Crippen LogP contribution in [0, 0.1) is 6.92 Å². The van der Waals surface area contributed by atoms with E-state index in [2.05, 4.69) is 41.3 Å². The van der Waals surface area contributed by atoms with E-state index in [0.717, 1.165) is 56.6 Å². The number of likely N-dealkylation sites (N-methyl/N-ethyl adjacent to an activating group) is 1. The highest BCUT2D eigenvalue weighted by Crippen LogP contribution is 2.40. The Kier molecular flexibility index (Phi) is 6.83. The molecule has 32 heavy (non-hydrogen) atoms. The Hall–Kier alpha value is -2.81. The van der Waals surface area contributed by atoms with Crippen LogP contribution in [0.3, 0.4) is 0 Å². The van der Waals surface area contributed by atoms with Crippen molar-refractivity contribution < 1.29 is 9.53 Å². The number of nitrogens with one attached hydrogen (secondary N) is 2. The van der Waals surface area contributed by atoms with Gasteiger partial charge in [0.25, 0.3) is 0 Å². The summed E-state index contributed by atoms with van der Waals surface area (Å²) < 4.78 is 6.75. The summed E-state index contributed by atoms with van der Waals surface area (Å²) in [7, 11) is 3.84. The fraction of sp³-hybridized carbons (Fsp3) is 0.250. The molecule has 0 spiro atoms. The molecule has 2 N–H and O–H groups in total. The molecule has 0 aliphatic carbocycles. The number of methoxy groups -OCH3 is 1. The Morgan fingerprint density at radius 1 is 1.31 bits per heavy atom. The predicted molar refractivity (Wildman–Crippen MR) is 133 cm³/mol. The molecule has 0 bridgehead atoms. The number of hydrogen-bond donors (Lipinski definition) is 2. The number of hydrogen-bond acceptors (Lipinski definition) is 7. The average molecular weight is 467 g/mol. The summed E-state index contributed by atoms with van der Waals surface area (Å²) in [4.78, 5) is 19.6. The van der Waals surface area contributed by atoms with Gasteiger partial charge in [-0.1, -0.05) is 35.7 Å². The van der Waals surface area contributed by atoms with Crippen molar-refractivity contribution in [2.45, 2.75) is 29.0 Å². The van der Waals surface area contributed by atoms with Crippen LogP contribution in [-0.4, -0.2) is 36.5 Å². The lowest BCUT2D eigenvalue weighted by molar-refractivity contribution is -0.111. The third kappa shape index (κ3) is 5.15. The van der Waals surface area contributed by atoms with Crippen LogP contribution in [-0.2, 0) is 17.8 Å². The molecule has 0 unspecified atom stereocenters. The Morgan fingerprint density at radius 2 is 2.16 bits per heavy atom. The fourth-order valence-electron chi connectivity index (χ4n) is 3.58. The van der Waals surface area contributed by atoms with Crippen LogP contribution in [0.1, 0.15) is 16.8 Å². The molecule has 2 heterocycles. The van der Waals surface area contributed by atoms with Crippen LogP contribution in [0.25, 0.3) is 0 Å². The maximum atomic E-state index is 11.6. The molecule has 4 rings (SSSR count). The number of anilines is 3. The minimum Gasteiger partial charge on any atom is -0.495 e. The lowest BCUT2D eigenvalue weighted by Gasteiger charge is -2.26. The standard InChI is InChI=1S/C24H26N4O2S2/c1-5-22(29)26-18-7-6-8-19(13-18)31-23-15(2)25-24(32-23)27-20-11-16-9-10-28(3)14-17(16)12-21(20)30-4/h5-8,11-13H,1,9-10,14H2,2-4H3,(H,25,27)(H,26,29). The maximum Gasteiger partial charge on any atom is 0.247 e. The minimum atomic E-state index is -0.224. The normalized spacial score (nSPS) is 13.3. The molecule has 0 saturated heterocycles. The van der Waals surface area contributed by atoms with Crippen molar-refractivity contribution >= 4 is 45.5 Å². The van der Waals surface area contributed by atoms with Crippen molar-refractivity contribution in [3.8, 4) is 5.75 Å². The number of rotatable bonds is 7. The van der Waals surface area contributed by atoms with Crippen molar-refractivity contribution in [1.82, 2.24) is 9.88 Å². The SMILES string of the molecule is C=CC(=O)Nc1cccc(Sc2sc(Nc3cc4c(cc3OC)CN(C)CC4)nc2C)c1. The van der Waals surface area contributed by atoms with Gasteiger partial charge >= 0.3 is 0 Å². The maximum absolute atomic E-state index is 11.6. The van der Waals surface area contributed by atoms with E-state index < -0.39 is 0 Å². The fourth-order valence-corrected chi connectivity index (χ4v) is 5.72. The third-order valence-electron chi connectivity index (χ3n) is 5.22. The first-order valence-corrected chi connectivity index (χ1v) is 11.9. The van der Waals surface area contributed by atoms with Crippen molar-refractivity contribution in [1.29, 1.82) is 0 Å². The number of amides is 1. The number of nitrogens with zero attached hydrogens (tertiary/aromatic N) is 2. The molecule has 0 fully saturated rings. The van der Waals surface area contributed by atoms with E-state index in [-0.39, 0.29) is 5.91 Å². The van der Waals surface area contributed by atoms with Crippen molar-refractivity contribution in [3.05, 3.63) is 65.9 Å². The van der Waals surface area contributed by atoms with Crippen LogP contribution in [0.4, 0.5) is 16.5 Å². The van der Waals surface area contributed by atoms with Crippen LogP contribution >= 0.6 is 23.1 Å². The molecule has 2 aromatic carbocycles. The molecule has 1 aromatic heterocycles. The second kappa shape index (κ2) is 9.77. The van der Waals surface area contributed by atoms with E-state index in [0.29, 0.717) is 0 Å². The van der Waals surface area contributed by atoms with Gasteiger partial charge < -0.3 is 20.3 Å². The summed E-state index contributed by atoms with van der Waals surface area (Å²) in [5.41, 5.74) is 5.31. The molecule has 166 valence electrons. The topological polar surface area (TPSA) is 66.5 Å². The minimum absolute atomic E-state index is 0.224.